The first-order valence-corrected chi connectivity index (χ1v) is 9.48. The maximum absolute atomic E-state index is 12.1. The second-order valence-corrected chi connectivity index (χ2v) is 7.64. The summed E-state index contributed by atoms with van der Waals surface area (Å²) in [5, 5.41) is 14.1. The van der Waals surface area contributed by atoms with Crippen LogP contribution in [0.5, 0.6) is 0 Å². The Morgan fingerprint density at radius 3 is 2.88 bits per heavy atom. The molecule has 0 saturated carbocycles. The number of nitrogens with one attached hydrogen (secondary N) is 2. The largest absolute Gasteiger partial charge is 0.353 e. The molecule has 0 aliphatic rings. The molecular formula is C15H17ClN4O2S2. The van der Waals surface area contributed by atoms with Crippen molar-refractivity contribution in [2.75, 3.05) is 11.1 Å². The summed E-state index contributed by atoms with van der Waals surface area (Å²) < 4.78 is 0.575. The molecule has 2 N–H and O–H groups in total. The van der Waals surface area contributed by atoms with E-state index in [0.29, 0.717) is 15.0 Å². The van der Waals surface area contributed by atoms with Crippen molar-refractivity contribution in [3.63, 3.8) is 0 Å². The first-order chi connectivity index (χ1) is 11.5. The summed E-state index contributed by atoms with van der Waals surface area (Å²) in [6.07, 6.45) is 0.878. The molecule has 9 heteroatoms. The molecule has 1 unspecified atom stereocenters. The van der Waals surface area contributed by atoms with Crippen molar-refractivity contribution in [2.45, 2.75) is 30.6 Å². The zero-order valence-corrected chi connectivity index (χ0v) is 15.6. The van der Waals surface area contributed by atoms with Crippen molar-refractivity contribution in [2.24, 2.45) is 0 Å². The number of anilines is 1. The van der Waals surface area contributed by atoms with Gasteiger partial charge in [-0.2, -0.15) is 0 Å². The van der Waals surface area contributed by atoms with Crippen LogP contribution in [0, 0.1) is 0 Å². The fourth-order valence-electron chi connectivity index (χ4n) is 1.66. The molecule has 0 fully saturated rings. The standard InChI is InChI=1S/C15H17ClN4O2S2/c1-3-9(2)17-12(21)8-23-15-20-19-14(24-15)13(22)18-11-6-4-5-10(16)7-11/h4-7,9H,3,8H2,1-2H3,(H,17,21)(H,18,22). The first-order valence-electron chi connectivity index (χ1n) is 7.30. The Hall–Kier alpha value is -1.64. The second-order valence-electron chi connectivity index (χ2n) is 5.00. The predicted molar refractivity (Wildman–Crippen MR) is 97.9 cm³/mol. The van der Waals surface area contributed by atoms with E-state index in [2.05, 4.69) is 20.8 Å². The normalized spacial score (nSPS) is 11.8. The molecule has 1 heterocycles. The molecule has 2 rings (SSSR count). The number of carbonyl (C=O) groups excluding carboxylic acids is 2. The second kappa shape index (κ2) is 9.00. The molecule has 1 aromatic heterocycles. The third-order valence-electron chi connectivity index (χ3n) is 3.03. The van der Waals surface area contributed by atoms with E-state index in [4.69, 9.17) is 11.6 Å². The SMILES string of the molecule is CCC(C)NC(=O)CSc1nnc(C(=O)Nc2cccc(Cl)c2)s1. The zero-order valence-electron chi connectivity index (χ0n) is 13.2. The number of nitrogens with zero attached hydrogens (tertiary/aromatic N) is 2. The average Bonchev–Trinajstić information content (AvgIpc) is 3.02. The van der Waals surface area contributed by atoms with E-state index in [-0.39, 0.29) is 28.6 Å². The molecule has 1 aromatic carbocycles. The molecule has 0 saturated heterocycles. The Balaban J connectivity index is 1.88. The Bertz CT molecular complexity index is 723. The van der Waals surface area contributed by atoms with Crippen LogP contribution in [0.15, 0.2) is 28.6 Å². The van der Waals surface area contributed by atoms with Gasteiger partial charge in [-0.05, 0) is 31.5 Å². The van der Waals surface area contributed by atoms with Crippen LogP contribution < -0.4 is 10.6 Å². The van der Waals surface area contributed by atoms with Crippen LogP contribution in [0.1, 0.15) is 30.1 Å². The summed E-state index contributed by atoms with van der Waals surface area (Å²) in [7, 11) is 0. The highest BCUT2D eigenvalue weighted by molar-refractivity contribution is 8.01. The molecule has 24 heavy (non-hydrogen) atoms. The Morgan fingerprint density at radius 1 is 1.38 bits per heavy atom. The van der Waals surface area contributed by atoms with Crippen molar-refractivity contribution in [1.29, 1.82) is 0 Å². The van der Waals surface area contributed by atoms with Crippen molar-refractivity contribution >= 4 is 52.2 Å². The topological polar surface area (TPSA) is 84.0 Å². The molecule has 0 aliphatic carbocycles. The van der Waals surface area contributed by atoms with Gasteiger partial charge < -0.3 is 10.6 Å². The third-order valence-corrected chi connectivity index (χ3v) is 5.32. The highest BCUT2D eigenvalue weighted by Crippen LogP contribution is 2.23. The van der Waals surface area contributed by atoms with E-state index in [9.17, 15) is 9.59 Å². The minimum Gasteiger partial charge on any atom is -0.353 e. The first kappa shape index (κ1) is 18.7. The van der Waals surface area contributed by atoms with E-state index in [1.165, 1.54) is 11.8 Å². The van der Waals surface area contributed by atoms with Crippen LogP contribution in [0.2, 0.25) is 5.02 Å². The van der Waals surface area contributed by atoms with Crippen molar-refractivity contribution in [1.82, 2.24) is 15.5 Å². The monoisotopic (exact) mass is 384 g/mol. The Labute approximate surface area is 153 Å². The lowest BCUT2D eigenvalue weighted by atomic mass is 10.3. The molecule has 2 aromatic rings. The molecule has 2 amide bonds. The van der Waals surface area contributed by atoms with Gasteiger partial charge in [0.15, 0.2) is 4.34 Å². The van der Waals surface area contributed by atoms with E-state index in [0.717, 1.165) is 17.8 Å². The van der Waals surface area contributed by atoms with E-state index < -0.39 is 0 Å². The summed E-state index contributed by atoms with van der Waals surface area (Å²) in [6.45, 7) is 3.96. The molecule has 6 nitrogen and oxygen atoms in total. The quantitative estimate of drug-likeness (QED) is 0.714. The molecule has 0 aliphatic heterocycles. The van der Waals surface area contributed by atoms with E-state index in [1.54, 1.807) is 24.3 Å². The van der Waals surface area contributed by atoms with Gasteiger partial charge in [0.2, 0.25) is 10.9 Å². The van der Waals surface area contributed by atoms with Gasteiger partial charge in [-0.15, -0.1) is 10.2 Å². The predicted octanol–water partition coefficient (Wildman–Crippen LogP) is 3.45. The highest BCUT2D eigenvalue weighted by Gasteiger charge is 2.15. The van der Waals surface area contributed by atoms with Crippen LogP contribution in [-0.2, 0) is 4.79 Å². The summed E-state index contributed by atoms with van der Waals surface area (Å²) >= 11 is 8.28. The molecule has 1 atom stereocenters. The maximum atomic E-state index is 12.1. The van der Waals surface area contributed by atoms with Gasteiger partial charge in [-0.3, -0.25) is 9.59 Å². The number of benzene rings is 1. The lowest BCUT2D eigenvalue weighted by molar-refractivity contribution is -0.119. The number of aromatic nitrogens is 2. The highest BCUT2D eigenvalue weighted by atomic mass is 35.5. The Morgan fingerprint density at radius 2 is 2.17 bits per heavy atom. The minimum atomic E-state index is -0.356. The fourth-order valence-corrected chi connectivity index (χ4v) is 3.40. The van der Waals surface area contributed by atoms with Crippen molar-refractivity contribution < 1.29 is 9.59 Å². The number of halogens is 1. The summed E-state index contributed by atoms with van der Waals surface area (Å²) in [5.74, 6) is -0.172. The van der Waals surface area contributed by atoms with Gasteiger partial charge in [-0.1, -0.05) is 47.7 Å². The smallest absolute Gasteiger partial charge is 0.286 e. The number of thioether (sulfide) groups is 1. The van der Waals surface area contributed by atoms with Crippen LogP contribution in [0.3, 0.4) is 0 Å². The van der Waals surface area contributed by atoms with Crippen molar-refractivity contribution in [3.8, 4) is 0 Å². The van der Waals surface area contributed by atoms with E-state index >= 15 is 0 Å². The van der Waals surface area contributed by atoms with Crippen LogP contribution >= 0.6 is 34.7 Å². The third kappa shape index (κ3) is 5.77. The van der Waals surface area contributed by atoms with Crippen molar-refractivity contribution in [3.05, 3.63) is 34.3 Å². The van der Waals surface area contributed by atoms with Gasteiger partial charge in [-0.25, -0.2) is 0 Å². The zero-order chi connectivity index (χ0) is 17.5. The molecular weight excluding hydrogens is 368 g/mol. The van der Waals surface area contributed by atoms with Gasteiger partial charge >= 0.3 is 0 Å². The lowest BCUT2D eigenvalue weighted by Crippen LogP contribution is -2.33. The molecule has 128 valence electrons. The van der Waals surface area contributed by atoms with Gasteiger partial charge in [0, 0.05) is 16.8 Å². The number of carbonyl (C=O) groups is 2. The average molecular weight is 385 g/mol. The van der Waals surface area contributed by atoms with Gasteiger partial charge in [0.25, 0.3) is 5.91 Å². The van der Waals surface area contributed by atoms with Crippen LogP contribution in [0.4, 0.5) is 5.69 Å². The number of hydrogen-bond acceptors (Lipinski definition) is 6. The van der Waals surface area contributed by atoms with Crippen LogP contribution in [0.25, 0.3) is 0 Å². The maximum Gasteiger partial charge on any atom is 0.286 e. The fraction of sp³-hybridized carbons (Fsp3) is 0.333. The summed E-state index contributed by atoms with van der Waals surface area (Å²) in [4.78, 5) is 23.9. The van der Waals surface area contributed by atoms with E-state index in [1.807, 2.05) is 13.8 Å². The summed E-state index contributed by atoms with van der Waals surface area (Å²) in [6, 6.07) is 7.00. The number of hydrogen-bond donors (Lipinski definition) is 2. The van der Waals surface area contributed by atoms with Crippen LogP contribution in [-0.4, -0.2) is 33.8 Å². The lowest BCUT2D eigenvalue weighted by Gasteiger charge is -2.09. The summed E-state index contributed by atoms with van der Waals surface area (Å²) in [5.41, 5.74) is 0.588. The number of amides is 2. The molecule has 0 radical (unpaired) electrons. The van der Waals surface area contributed by atoms with Gasteiger partial charge in [0.05, 0.1) is 5.75 Å². The molecule has 0 spiro atoms. The number of rotatable bonds is 7. The minimum absolute atomic E-state index is 0.0607. The molecule has 0 bridgehead atoms. The Kier molecular flexibility index (Phi) is 7.01. The van der Waals surface area contributed by atoms with Gasteiger partial charge in [0.1, 0.15) is 0 Å².